The largest absolute Gasteiger partial charge is 0.379 e. The molecule has 1 aromatic rings. The van der Waals surface area contributed by atoms with Crippen LogP contribution in [0.1, 0.15) is 63.7 Å². The highest BCUT2D eigenvalue weighted by Gasteiger charge is 2.22. The molecule has 25 heavy (non-hydrogen) atoms. The van der Waals surface area contributed by atoms with Crippen molar-refractivity contribution in [2.24, 2.45) is 11.7 Å². The molecular formula is C18H31N5O2. The molecule has 0 aromatic carbocycles. The van der Waals surface area contributed by atoms with Crippen molar-refractivity contribution in [3.63, 3.8) is 0 Å². The smallest absolute Gasteiger partial charge is 0.254 e. The number of primary amides is 1. The van der Waals surface area contributed by atoms with E-state index >= 15 is 0 Å². The van der Waals surface area contributed by atoms with E-state index in [1.54, 1.807) is 0 Å². The molecule has 0 saturated heterocycles. The van der Waals surface area contributed by atoms with Gasteiger partial charge in [0.2, 0.25) is 5.95 Å². The van der Waals surface area contributed by atoms with Gasteiger partial charge >= 0.3 is 0 Å². The molecule has 4 N–H and O–H groups in total. The second-order valence-corrected chi connectivity index (χ2v) is 7.07. The van der Waals surface area contributed by atoms with Gasteiger partial charge in [-0.15, -0.1) is 0 Å². The number of ether oxygens (including phenoxy) is 1. The van der Waals surface area contributed by atoms with E-state index in [9.17, 15) is 4.79 Å². The summed E-state index contributed by atoms with van der Waals surface area (Å²) in [5.41, 5.74) is 5.77. The maximum atomic E-state index is 11.6. The van der Waals surface area contributed by atoms with E-state index in [0.717, 1.165) is 32.3 Å². The zero-order valence-corrected chi connectivity index (χ0v) is 15.7. The Morgan fingerprint density at radius 3 is 2.56 bits per heavy atom. The van der Waals surface area contributed by atoms with Crippen molar-refractivity contribution in [1.82, 2.24) is 9.97 Å². The number of carbonyl (C=O) groups is 1. The second-order valence-electron chi connectivity index (χ2n) is 7.07. The van der Waals surface area contributed by atoms with Gasteiger partial charge in [0, 0.05) is 24.9 Å². The zero-order valence-electron chi connectivity index (χ0n) is 15.7. The summed E-state index contributed by atoms with van der Waals surface area (Å²) in [7, 11) is 0. The topological polar surface area (TPSA) is 102 Å². The number of nitrogens with zero attached hydrogens (tertiary/aromatic N) is 2. The number of hydrogen-bond acceptors (Lipinski definition) is 6. The van der Waals surface area contributed by atoms with Gasteiger partial charge in [-0.2, -0.15) is 4.98 Å². The number of hydrogen-bond donors (Lipinski definition) is 3. The Labute approximate surface area is 150 Å². The molecule has 140 valence electrons. The molecule has 1 aromatic heterocycles. The molecule has 1 fully saturated rings. The number of aromatic nitrogens is 2. The Hall–Kier alpha value is -1.89. The van der Waals surface area contributed by atoms with Crippen LogP contribution in [0, 0.1) is 5.92 Å². The van der Waals surface area contributed by atoms with Crippen LogP contribution in [0.5, 0.6) is 0 Å². The van der Waals surface area contributed by atoms with E-state index in [2.05, 4.69) is 41.4 Å². The third-order valence-electron chi connectivity index (χ3n) is 4.83. The molecule has 0 spiro atoms. The van der Waals surface area contributed by atoms with E-state index in [1.165, 1.54) is 6.20 Å². The summed E-state index contributed by atoms with van der Waals surface area (Å²) in [5.74, 6) is 0.903. The van der Waals surface area contributed by atoms with Crippen LogP contribution in [-0.4, -0.2) is 40.7 Å². The first-order valence-electron chi connectivity index (χ1n) is 9.22. The van der Waals surface area contributed by atoms with Gasteiger partial charge in [-0.05, 0) is 45.4 Å². The van der Waals surface area contributed by atoms with Crippen LogP contribution < -0.4 is 16.4 Å². The fourth-order valence-corrected chi connectivity index (χ4v) is 2.92. The van der Waals surface area contributed by atoms with Gasteiger partial charge in [0.05, 0.1) is 11.7 Å². The first-order chi connectivity index (χ1) is 11.9. The Morgan fingerprint density at radius 1 is 1.32 bits per heavy atom. The molecule has 1 aliphatic carbocycles. The second kappa shape index (κ2) is 8.99. The van der Waals surface area contributed by atoms with E-state index in [0.29, 0.717) is 35.4 Å². The lowest BCUT2D eigenvalue weighted by atomic mass is 9.93. The molecule has 0 aliphatic heterocycles. The molecule has 1 atom stereocenters. The first kappa shape index (κ1) is 19.4. The van der Waals surface area contributed by atoms with Crippen LogP contribution in [0.2, 0.25) is 0 Å². The van der Waals surface area contributed by atoms with Gasteiger partial charge in [-0.1, -0.05) is 13.8 Å². The van der Waals surface area contributed by atoms with Gasteiger partial charge in [0.15, 0.2) is 0 Å². The Bertz CT molecular complexity index is 571. The average Bonchev–Trinajstić information content (AvgIpc) is 2.56. The third kappa shape index (κ3) is 5.56. The minimum Gasteiger partial charge on any atom is -0.379 e. The summed E-state index contributed by atoms with van der Waals surface area (Å²) in [6, 6.07) is 0.494. The minimum absolute atomic E-state index is 0.169. The lowest BCUT2D eigenvalue weighted by molar-refractivity contribution is 0.0346. The number of anilines is 2. The lowest BCUT2D eigenvalue weighted by Crippen LogP contribution is -2.31. The SMILES string of the molecule is CCOC1CCC(Nc2ncc(C(N)=O)c(N[C@@H](C)C(C)C)n2)CC1. The fraction of sp³-hybridized carbons (Fsp3) is 0.722. The quantitative estimate of drug-likeness (QED) is 0.667. The summed E-state index contributed by atoms with van der Waals surface area (Å²) in [6.45, 7) is 9.08. The minimum atomic E-state index is -0.526. The summed E-state index contributed by atoms with van der Waals surface area (Å²) in [4.78, 5) is 20.4. The monoisotopic (exact) mass is 349 g/mol. The zero-order chi connectivity index (χ0) is 18.4. The molecule has 2 rings (SSSR count). The Balaban J connectivity index is 2.05. The molecule has 1 saturated carbocycles. The number of nitrogens with one attached hydrogen (secondary N) is 2. The van der Waals surface area contributed by atoms with Gasteiger partial charge in [0.25, 0.3) is 5.91 Å². The van der Waals surface area contributed by atoms with Crippen LogP contribution in [0.15, 0.2) is 6.20 Å². The molecule has 7 heteroatoms. The van der Waals surface area contributed by atoms with Crippen molar-refractivity contribution in [3.05, 3.63) is 11.8 Å². The number of nitrogens with two attached hydrogens (primary N) is 1. The van der Waals surface area contributed by atoms with Crippen molar-refractivity contribution >= 4 is 17.7 Å². The molecule has 0 bridgehead atoms. The summed E-state index contributed by atoms with van der Waals surface area (Å²) >= 11 is 0. The van der Waals surface area contributed by atoms with Crippen molar-refractivity contribution in [2.45, 2.75) is 71.6 Å². The molecule has 1 amide bonds. The van der Waals surface area contributed by atoms with Crippen molar-refractivity contribution in [3.8, 4) is 0 Å². The third-order valence-corrected chi connectivity index (χ3v) is 4.83. The van der Waals surface area contributed by atoms with Crippen LogP contribution in [0.25, 0.3) is 0 Å². The van der Waals surface area contributed by atoms with Gasteiger partial charge in [0.1, 0.15) is 5.82 Å². The van der Waals surface area contributed by atoms with Crippen LogP contribution in [0.4, 0.5) is 11.8 Å². The predicted molar refractivity (Wildman–Crippen MR) is 99.8 cm³/mol. The molecule has 7 nitrogen and oxygen atoms in total. The summed E-state index contributed by atoms with van der Waals surface area (Å²) in [6.07, 6.45) is 6.00. The maximum Gasteiger partial charge on any atom is 0.254 e. The van der Waals surface area contributed by atoms with E-state index in [-0.39, 0.29) is 6.04 Å². The van der Waals surface area contributed by atoms with Crippen LogP contribution >= 0.6 is 0 Å². The van der Waals surface area contributed by atoms with E-state index < -0.39 is 5.91 Å². The van der Waals surface area contributed by atoms with Gasteiger partial charge in [-0.25, -0.2) is 4.98 Å². The number of amides is 1. The molecule has 1 aliphatic rings. The number of carbonyl (C=O) groups excluding carboxylic acids is 1. The summed E-state index contributed by atoms with van der Waals surface area (Å²) in [5, 5.41) is 6.66. The van der Waals surface area contributed by atoms with Crippen LogP contribution in [-0.2, 0) is 4.74 Å². The van der Waals surface area contributed by atoms with Crippen molar-refractivity contribution in [2.75, 3.05) is 17.2 Å². The average molecular weight is 349 g/mol. The standard InChI is InChI=1S/C18H31N5O2/c1-5-25-14-8-6-13(7-9-14)22-18-20-10-15(16(19)24)17(23-18)21-12(4)11(2)3/h10-14H,5-9H2,1-4H3,(H2,19,24)(H2,20,21,22,23)/t12-,13?,14?/m0/s1. The van der Waals surface area contributed by atoms with Crippen LogP contribution in [0.3, 0.4) is 0 Å². The van der Waals surface area contributed by atoms with Crippen molar-refractivity contribution < 1.29 is 9.53 Å². The normalized spacial score (nSPS) is 21.8. The maximum absolute atomic E-state index is 11.6. The highest BCUT2D eigenvalue weighted by molar-refractivity contribution is 5.97. The first-order valence-corrected chi connectivity index (χ1v) is 9.22. The summed E-state index contributed by atoms with van der Waals surface area (Å²) < 4.78 is 5.69. The van der Waals surface area contributed by atoms with E-state index in [4.69, 9.17) is 10.5 Å². The van der Waals surface area contributed by atoms with Gasteiger partial charge in [-0.3, -0.25) is 4.79 Å². The lowest BCUT2D eigenvalue weighted by Gasteiger charge is -2.29. The molecule has 0 unspecified atom stereocenters. The predicted octanol–water partition coefficient (Wildman–Crippen LogP) is 2.79. The highest BCUT2D eigenvalue weighted by Crippen LogP contribution is 2.24. The van der Waals surface area contributed by atoms with Crippen molar-refractivity contribution in [1.29, 1.82) is 0 Å². The molecule has 1 heterocycles. The fourth-order valence-electron chi connectivity index (χ4n) is 2.92. The molecular weight excluding hydrogens is 318 g/mol. The Morgan fingerprint density at radius 2 is 2.00 bits per heavy atom. The number of rotatable bonds is 8. The van der Waals surface area contributed by atoms with E-state index in [1.807, 2.05) is 6.92 Å². The van der Waals surface area contributed by atoms with Gasteiger partial charge < -0.3 is 21.1 Å². The Kier molecular flexibility index (Phi) is 6.99. The molecule has 0 radical (unpaired) electrons. The highest BCUT2D eigenvalue weighted by atomic mass is 16.5.